The van der Waals surface area contributed by atoms with Crippen LogP contribution in [0.4, 0.5) is 0 Å². The van der Waals surface area contributed by atoms with Crippen LogP contribution in [0.15, 0.2) is 0 Å². The molecule has 0 aromatic rings. The van der Waals surface area contributed by atoms with Gasteiger partial charge in [-0.1, -0.05) is 12.8 Å². The van der Waals surface area contributed by atoms with Gasteiger partial charge in [0.05, 0.1) is 0 Å². The molecule has 0 spiro atoms. The maximum Gasteiger partial charge on any atom is 0.207 e. The molecule has 0 heterocycles. The summed E-state index contributed by atoms with van der Waals surface area (Å²) in [6, 6.07) is 0. The summed E-state index contributed by atoms with van der Waals surface area (Å²) in [5.41, 5.74) is 0. The number of carbonyl (C=O) groups is 1. The molecule has 0 radical (unpaired) electrons. The highest BCUT2D eigenvalue weighted by Crippen LogP contribution is 1.99. The van der Waals surface area contributed by atoms with E-state index in [2.05, 4.69) is 17.9 Å². The Kier molecular flexibility index (Phi) is 8.66. The average Bonchev–Trinajstić information content (AvgIpc) is 1.97. The first kappa shape index (κ1) is 9.82. The van der Waals surface area contributed by atoms with Gasteiger partial charge in [-0.3, -0.25) is 4.79 Å². The van der Waals surface area contributed by atoms with Crippen molar-refractivity contribution in [3.63, 3.8) is 0 Å². The summed E-state index contributed by atoms with van der Waals surface area (Å²) in [5, 5.41) is 2.63. The van der Waals surface area contributed by atoms with Gasteiger partial charge in [0.2, 0.25) is 6.41 Å². The van der Waals surface area contributed by atoms with Crippen LogP contribution in [0.5, 0.6) is 0 Å². The van der Waals surface area contributed by atoms with Crippen LogP contribution in [-0.4, -0.2) is 18.7 Å². The molecular weight excluding hydrogens is 146 g/mol. The number of rotatable bonds is 7. The van der Waals surface area contributed by atoms with Gasteiger partial charge in [0.15, 0.2) is 0 Å². The zero-order valence-corrected chi connectivity index (χ0v) is 7.07. The SMILES string of the molecule is O=CNCCCCCCS. The highest BCUT2D eigenvalue weighted by molar-refractivity contribution is 7.80. The minimum Gasteiger partial charge on any atom is -0.359 e. The third kappa shape index (κ3) is 7.82. The van der Waals surface area contributed by atoms with Gasteiger partial charge in [0.25, 0.3) is 0 Å². The van der Waals surface area contributed by atoms with E-state index in [-0.39, 0.29) is 0 Å². The lowest BCUT2D eigenvalue weighted by molar-refractivity contribution is -0.109. The summed E-state index contributed by atoms with van der Waals surface area (Å²) < 4.78 is 0. The monoisotopic (exact) mass is 161 g/mol. The van der Waals surface area contributed by atoms with Crippen molar-refractivity contribution in [2.45, 2.75) is 25.7 Å². The molecule has 0 saturated heterocycles. The summed E-state index contributed by atoms with van der Waals surface area (Å²) in [6.45, 7) is 0.816. The molecule has 60 valence electrons. The van der Waals surface area contributed by atoms with Crippen molar-refractivity contribution in [2.75, 3.05) is 12.3 Å². The van der Waals surface area contributed by atoms with Crippen molar-refractivity contribution in [3.8, 4) is 0 Å². The first-order chi connectivity index (χ1) is 4.91. The van der Waals surface area contributed by atoms with Gasteiger partial charge in [0, 0.05) is 6.54 Å². The van der Waals surface area contributed by atoms with Crippen LogP contribution < -0.4 is 5.32 Å². The molecule has 0 aliphatic carbocycles. The number of unbranched alkanes of at least 4 members (excludes halogenated alkanes) is 3. The minimum absolute atomic E-state index is 0.749. The van der Waals surface area contributed by atoms with Gasteiger partial charge in [-0.25, -0.2) is 0 Å². The van der Waals surface area contributed by atoms with E-state index in [9.17, 15) is 4.79 Å². The second-order valence-corrected chi connectivity index (χ2v) is 2.66. The maximum absolute atomic E-state index is 9.77. The van der Waals surface area contributed by atoms with Crippen LogP contribution in [-0.2, 0) is 4.79 Å². The van der Waals surface area contributed by atoms with E-state index >= 15 is 0 Å². The van der Waals surface area contributed by atoms with Crippen molar-refractivity contribution in [2.24, 2.45) is 0 Å². The van der Waals surface area contributed by atoms with Gasteiger partial charge < -0.3 is 5.32 Å². The van der Waals surface area contributed by atoms with Gasteiger partial charge in [0.1, 0.15) is 0 Å². The molecule has 0 atom stereocenters. The fourth-order valence-corrected chi connectivity index (χ4v) is 0.975. The van der Waals surface area contributed by atoms with E-state index in [1.807, 2.05) is 0 Å². The van der Waals surface area contributed by atoms with Crippen LogP contribution >= 0.6 is 12.6 Å². The highest BCUT2D eigenvalue weighted by atomic mass is 32.1. The van der Waals surface area contributed by atoms with Crippen LogP contribution in [0.1, 0.15) is 25.7 Å². The molecule has 10 heavy (non-hydrogen) atoms. The van der Waals surface area contributed by atoms with Crippen LogP contribution in [0.2, 0.25) is 0 Å². The smallest absolute Gasteiger partial charge is 0.207 e. The molecule has 0 aromatic heterocycles. The van der Waals surface area contributed by atoms with Crippen LogP contribution in [0, 0.1) is 0 Å². The quantitative estimate of drug-likeness (QED) is 0.328. The number of carbonyl (C=O) groups excluding carboxylic acids is 1. The largest absolute Gasteiger partial charge is 0.359 e. The average molecular weight is 161 g/mol. The van der Waals surface area contributed by atoms with Gasteiger partial charge >= 0.3 is 0 Å². The normalized spacial score (nSPS) is 9.30. The third-order valence-corrected chi connectivity index (χ3v) is 1.63. The molecule has 2 nitrogen and oxygen atoms in total. The molecule has 3 heteroatoms. The Morgan fingerprint density at radius 2 is 1.90 bits per heavy atom. The summed E-state index contributed by atoms with van der Waals surface area (Å²) in [6.07, 6.45) is 5.45. The van der Waals surface area contributed by atoms with E-state index in [0.29, 0.717) is 0 Å². The second-order valence-electron chi connectivity index (χ2n) is 2.21. The molecular formula is C7H15NOS. The number of thiol groups is 1. The van der Waals surface area contributed by atoms with Crippen LogP contribution in [0.3, 0.4) is 0 Å². The molecule has 0 saturated carbocycles. The highest BCUT2D eigenvalue weighted by Gasteiger charge is 1.86. The van der Waals surface area contributed by atoms with E-state index < -0.39 is 0 Å². The lowest BCUT2D eigenvalue weighted by atomic mass is 10.2. The Morgan fingerprint density at radius 3 is 2.50 bits per heavy atom. The van der Waals surface area contributed by atoms with Crippen molar-refractivity contribution < 1.29 is 4.79 Å². The molecule has 1 N–H and O–H groups in total. The predicted molar refractivity (Wildman–Crippen MR) is 46.4 cm³/mol. The van der Waals surface area contributed by atoms with Crippen molar-refractivity contribution in [1.29, 1.82) is 0 Å². The number of hydrogen-bond donors (Lipinski definition) is 2. The lowest BCUT2D eigenvalue weighted by Crippen LogP contribution is -2.11. The molecule has 0 unspecified atom stereocenters. The van der Waals surface area contributed by atoms with Gasteiger partial charge in [-0.15, -0.1) is 0 Å². The van der Waals surface area contributed by atoms with Gasteiger partial charge in [-0.2, -0.15) is 12.6 Å². The Balaban J connectivity index is 2.70. The minimum atomic E-state index is 0.749. The second kappa shape index (κ2) is 8.82. The van der Waals surface area contributed by atoms with E-state index in [1.165, 1.54) is 19.3 Å². The summed E-state index contributed by atoms with van der Waals surface area (Å²) in [4.78, 5) is 9.77. The Bertz CT molecular complexity index is 78.0. The number of nitrogens with one attached hydrogen (secondary N) is 1. The van der Waals surface area contributed by atoms with Crippen molar-refractivity contribution in [1.82, 2.24) is 5.32 Å². The standard InChI is InChI=1S/C7H15NOS/c9-7-8-5-3-1-2-4-6-10/h7,10H,1-6H2,(H,8,9). The predicted octanol–water partition coefficient (Wildman–Crippen LogP) is 1.22. The number of amides is 1. The molecule has 1 amide bonds. The van der Waals surface area contributed by atoms with Crippen molar-refractivity contribution in [3.05, 3.63) is 0 Å². The Morgan fingerprint density at radius 1 is 1.20 bits per heavy atom. The molecule has 0 aliphatic heterocycles. The zero-order chi connectivity index (χ0) is 7.66. The zero-order valence-electron chi connectivity index (χ0n) is 6.18. The lowest BCUT2D eigenvalue weighted by Gasteiger charge is -1.97. The Hall–Kier alpha value is -0.180. The molecule has 0 aromatic carbocycles. The summed E-state index contributed by atoms with van der Waals surface area (Å²) in [7, 11) is 0. The fourth-order valence-electron chi connectivity index (χ4n) is 0.751. The Labute approximate surface area is 67.8 Å². The third-order valence-electron chi connectivity index (χ3n) is 1.31. The maximum atomic E-state index is 9.77. The van der Waals surface area contributed by atoms with E-state index in [1.54, 1.807) is 0 Å². The van der Waals surface area contributed by atoms with E-state index in [0.717, 1.165) is 25.1 Å². The molecule has 0 fully saturated rings. The first-order valence-electron chi connectivity index (χ1n) is 3.69. The van der Waals surface area contributed by atoms with Crippen molar-refractivity contribution >= 4 is 19.0 Å². The molecule has 0 bridgehead atoms. The molecule has 0 rings (SSSR count). The van der Waals surface area contributed by atoms with Gasteiger partial charge in [-0.05, 0) is 18.6 Å². The first-order valence-corrected chi connectivity index (χ1v) is 4.33. The molecule has 0 aliphatic rings. The van der Waals surface area contributed by atoms with E-state index in [4.69, 9.17) is 0 Å². The summed E-state index contributed by atoms with van der Waals surface area (Å²) >= 11 is 4.09. The number of hydrogen-bond acceptors (Lipinski definition) is 2. The topological polar surface area (TPSA) is 29.1 Å². The fraction of sp³-hybridized carbons (Fsp3) is 0.857. The summed E-state index contributed by atoms with van der Waals surface area (Å²) in [5.74, 6) is 0.973. The van der Waals surface area contributed by atoms with Crippen LogP contribution in [0.25, 0.3) is 0 Å².